The third-order valence-electron chi connectivity index (χ3n) is 3.53. The highest BCUT2D eigenvalue weighted by molar-refractivity contribution is 7.13. The van der Waals surface area contributed by atoms with E-state index in [0.717, 1.165) is 0 Å². The number of nitrogens with zero attached hydrogens (tertiary/aromatic N) is 1. The molecule has 1 nitrogen and oxygen atoms in total. The number of thiophene rings is 1. The minimum Gasteiger partial charge on any atom is -0.316 e. The predicted molar refractivity (Wildman–Crippen MR) is 86.6 cm³/mol. The molecule has 0 saturated carbocycles. The lowest BCUT2D eigenvalue weighted by atomic mass is 10.1. The monoisotopic (exact) mass is 275 g/mol. The van der Waals surface area contributed by atoms with E-state index in [1.807, 2.05) is 0 Å². The summed E-state index contributed by atoms with van der Waals surface area (Å²) in [5.74, 6) is 0. The molecule has 0 amide bonds. The summed E-state index contributed by atoms with van der Waals surface area (Å²) in [4.78, 5) is 1.32. The Hall–Kier alpha value is -2.32. The Morgan fingerprint density at radius 3 is 2.35 bits per heavy atom. The molecule has 0 unspecified atom stereocenters. The van der Waals surface area contributed by atoms with Gasteiger partial charge in [0.1, 0.15) is 0 Å². The first-order valence-corrected chi connectivity index (χ1v) is 7.51. The Balaban J connectivity index is 2.04. The topological polar surface area (TPSA) is 4.93 Å². The summed E-state index contributed by atoms with van der Waals surface area (Å²) >= 11 is 1.79. The molecule has 0 aliphatic heterocycles. The van der Waals surface area contributed by atoms with Crippen molar-refractivity contribution in [1.29, 1.82) is 0 Å². The van der Waals surface area contributed by atoms with E-state index in [9.17, 15) is 0 Å². The highest BCUT2D eigenvalue weighted by Gasteiger charge is 2.11. The molecule has 0 spiro atoms. The molecule has 20 heavy (non-hydrogen) atoms. The number of hydrogen-bond acceptors (Lipinski definition) is 1. The summed E-state index contributed by atoms with van der Waals surface area (Å²) in [6.45, 7) is 0. The van der Waals surface area contributed by atoms with Crippen LogP contribution in [0.3, 0.4) is 0 Å². The van der Waals surface area contributed by atoms with Crippen LogP contribution in [0.15, 0.2) is 78.3 Å². The van der Waals surface area contributed by atoms with Crippen LogP contribution in [0.1, 0.15) is 0 Å². The molecular formula is C18H13NS. The van der Waals surface area contributed by atoms with E-state index in [1.165, 1.54) is 27.0 Å². The number of aromatic nitrogens is 1. The third-order valence-corrected chi connectivity index (χ3v) is 4.44. The van der Waals surface area contributed by atoms with Crippen LogP contribution in [0.25, 0.3) is 27.0 Å². The molecule has 4 aromatic rings. The largest absolute Gasteiger partial charge is 0.316 e. The minimum absolute atomic E-state index is 1.20. The standard InChI is InChI=1S/C18H13NS/c1-2-7-14(8-3-1)19-13-16(18-11-6-12-20-18)15-9-4-5-10-17(15)19/h1-13H. The summed E-state index contributed by atoms with van der Waals surface area (Å²) in [7, 11) is 0. The van der Waals surface area contributed by atoms with Crippen LogP contribution < -0.4 is 0 Å². The van der Waals surface area contributed by atoms with Crippen molar-refractivity contribution < 1.29 is 0 Å². The second-order valence-electron chi connectivity index (χ2n) is 4.74. The van der Waals surface area contributed by atoms with Crippen LogP contribution in [0.5, 0.6) is 0 Å². The summed E-state index contributed by atoms with van der Waals surface area (Å²) in [6, 6.07) is 23.4. The van der Waals surface area contributed by atoms with Crippen LogP contribution >= 0.6 is 11.3 Å². The molecule has 0 atom stereocenters. The molecule has 4 rings (SSSR count). The van der Waals surface area contributed by atoms with Gasteiger partial charge in [-0.2, -0.15) is 0 Å². The van der Waals surface area contributed by atoms with E-state index in [-0.39, 0.29) is 0 Å². The number of benzene rings is 2. The molecule has 2 heterocycles. The van der Waals surface area contributed by atoms with E-state index < -0.39 is 0 Å². The lowest BCUT2D eigenvalue weighted by Crippen LogP contribution is -1.90. The van der Waals surface area contributed by atoms with Gasteiger partial charge < -0.3 is 4.57 Å². The molecule has 2 heteroatoms. The summed E-state index contributed by atoms with van der Waals surface area (Å²) in [6.07, 6.45) is 2.24. The van der Waals surface area contributed by atoms with E-state index in [0.29, 0.717) is 0 Å². The highest BCUT2D eigenvalue weighted by atomic mass is 32.1. The fourth-order valence-electron chi connectivity index (χ4n) is 2.61. The average molecular weight is 275 g/mol. The van der Waals surface area contributed by atoms with E-state index >= 15 is 0 Å². The van der Waals surface area contributed by atoms with Gasteiger partial charge in [-0.15, -0.1) is 11.3 Å². The number of hydrogen-bond donors (Lipinski definition) is 0. The zero-order chi connectivity index (χ0) is 13.4. The maximum absolute atomic E-state index is 2.27. The smallest absolute Gasteiger partial charge is 0.0535 e. The molecule has 0 aliphatic carbocycles. The van der Waals surface area contributed by atoms with Gasteiger partial charge in [-0.3, -0.25) is 0 Å². The molecule has 0 bridgehead atoms. The lowest BCUT2D eigenvalue weighted by Gasteiger charge is -2.04. The Kier molecular flexibility index (Phi) is 2.68. The van der Waals surface area contributed by atoms with E-state index in [1.54, 1.807) is 11.3 Å². The molecule has 0 radical (unpaired) electrons. The quantitative estimate of drug-likeness (QED) is 0.464. The van der Waals surface area contributed by atoms with E-state index in [4.69, 9.17) is 0 Å². The van der Waals surface area contributed by atoms with Crippen LogP contribution in [0.4, 0.5) is 0 Å². The molecular weight excluding hydrogens is 262 g/mol. The van der Waals surface area contributed by atoms with Gasteiger partial charge in [0.2, 0.25) is 0 Å². The van der Waals surface area contributed by atoms with Gasteiger partial charge >= 0.3 is 0 Å². The second-order valence-corrected chi connectivity index (χ2v) is 5.69. The second kappa shape index (κ2) is 4.66. The molecule has 2 aromatic carbocycles. The van der Waals surface area contributed by atoms with Crippen molar-refractivity contribution in [2.45, 2.75) is 0 Å². The SMILES string of the molecule is c1ccc(-n2cc(-c3cccs3)c3ccccc32)cc1. The first-order chi connectivity index (χ1) is 9.93. The first-order valence-electron chi connectivity index (χ1n) is 6.63. The average Bonchev–Trinajstić information content (AvgIpc) is 3.15. The lowest BCUT2D eigenvalue weighted by molar-refractivity contribution is 1.13. The summed E-state index contributed by atoms with van der Waals surface area (Å²) in [5, 5.41) is 3.43. The van der Waals surface area contributed by atoms with Gasteiger partial charge in [-0.05, 0) is 29.6 Å². The van der Waals surface area contributed by atoms with Crippen molar-refractivity contribution in [3.63, 3.8) is 0 Å². The Bertz CT molecular complexity index is 842. The molecule has 0 saturated heterocycles. The van der Waals surface area contributed by atoms with Crippen LogP contribution in [0, 0.1) is 0 Å². The van der Waals surface area contributed by atoms with Crippen LogP contribution in [-0.2, 0) is 0 Å². The number of para-hydroxylation sites is 2. The zero-order valence-corrected chi connectivity index (χ0v) is 11.7. The van der Waals surface area contributed by atoms with Gasteiger partial charge in [-0.25, -0.2) is 0 Å². The summed E-state index contributed by atoms with van der Waals surface area (Å²) < 4.78 is 2.27. The molecule has 0 fully saturated rings. The first kappa shape index (κ1) is 11.5. The predicted octanol–water partition coefficient (Wildman–Crippen LogP) is 5.36. The molecule has 96 valence electrons. The maximum atomic E-state index is 2.27. The van der Waals surface area contributed by atoms with Crippen molar-refractivity contribution in [2.24, 2.45) is 0 Å². The van der Waals surface area contributed by atoms with Crippen molar-refractivity contribution in [3.05, 3.63) is 78.3 Å². The van der Waals surface area contributed by atoms with Gasteiger partial charge in [0, 0.05) is 27.7 Å². The fourth-order valence-corrected chi connectivity index (χ4v) is 3.36. The zero-order valence-electron chi connectivity index (χ0n) is 10.9. The Morgan fingerprint density at radius 1 is 0.750 bits per heavy atom. The van der Waals surface area contributed by atoms with E-state index in [2.05, 4.69) is 82.9 Å². The number of rotatable bonds is 2. The third kappa shape index (κ3) is 1.77. The van der Waals surface area contributed by atoms with Gasteiger partial charge in [0.15, 0.2) is 0 Å². The molecule has 0 aliphatic rings. The maximum Gasteiger partial charge on any atom is 0.0535 e. The molecule has 0 N–H and O–H groups in total. The molecule has 2 aromatic heterocycles. The van der Waals surface area contributed by atoms with Gasteiger partial charge in [-0.1, -0.05) is 42.5 Å². The minimum atomic E-state index is 1.20. The van der Waals surface area contributed by atoms with Crippen LogP contribution in [-0.4, -0.2) is 4.57 Å². The van der Waals surface area contributed by atoms with Crippen molar-refractivity contribution in [1.82, 2.24) is 4.57 Å². The summed E-state index contributed by atoms with van der Waals surface area (Å²) in [5.41, 5.74) is 3.76. The Morgan fingerprint density at radius 2 is 1.55 bits per heavy atom. The van der Waals surface area contributed by atoms with Crippen molar-refractivity contribution in [2.75, 3.05) is 0 Å². The fraction of sp³-hybridized carbons (Fsp3) is 0. The van der Waals surface area contributed by atoms with Crippen molar-refractivity contribution in [3.8, 4) is 16.1 Å². The Labute approximate surface area is 121 Å². The van der Waals surface area contributed by atoms with Gasteiger partial charge in [0.05, 0.1) is 5.52 Å². The van der Waals surface area contributed by atoms with Crippen LogP contribution in [0.2, 0.25) is 0 Å². The highest BCUT2D eigenvalue weighted by Crippen LogP contribution is 2.34. The number of fused-ring (bicyclic) bond motifs is 1. The van der Waals surface area contributed by atoms with Crippen molar-refractivity contribution >= 4 is 22.2 Å². The van der Waals surface area contributed by atoms with Gasteiger partial charge in [0.25, 0.3) is 0 Å². The normalized spacial score (nSPS) is 11.0.